The minimum absolute atomic E-state index is 0.00396. The Kier molecular flexibility index (Phi) is 3.58. The molecule has 0 aliphatic heterocycles. The highest BCUT2D eigenvalue weighted by molar-refractivity contribution is 7.80. The summed E-state index contributed by atoms with van der Waals surface area (Å²) in [5, 5.41) is 0. The van der Waals surface area contributed by atoms with E-state index in [0.717, 1.165) is 16.8 Å². The number of hydrogen-bond donors (Lipinski definition) is 1. The molecule has 2 rings (SSSR count). The van der Waals surface area contributed by atoms with Crippen LogP contribution >= 0.6 is 12.2 Å². The lowest BCUT2D eigenvalue weighted by atomic mass is 10.1. The van der Waals surface area contributed by atoms with Crippen LogP contribution in [0.2, 0.25) is 0 Å². The van der Waals surface area contributed by atoms with E-state index in [2.05, 4.69) is 0 Å². The average Bonchev–Trinajstić information content (AvgIpc) is 2.34. The minimum Gasteiger partial charge on any atom is -0.389 e. The van der Waals surface area contributed by atoms with Gasteiger partial charge in [0.15, 0.2) is 0 Å². The van der Waals surface area contributed by atoms with Crippen molar-refractivity contribution >= 4 is 17.2 Å². The van der Waals surface area contributed by atoms with Crippen molar-refractivity contribution in [2.24, 2.45) is 5.73 Å². The lowest BCUT2D eigenvalue weighted by molar-refractivity contribution is 0.730. The monoisotopic (exact) mass is 258 g/mol. The van der Waals surface area contributed by atoms with Crippen LogP contribution in [0.15, 0.2) is 47.3 Å². The molecule has 1 aromatic carbocycles. The largest absolute Gasteiger partial charge is 0.389 e. The van der Waals surface area contributed by atoms with Crippen LogP contribution in [0.3, 0.4) is 0 Å². The predicted molar refractivity (Wildman–Crippen MR) is 76.9 cm³/mol. The molecule has 1 aromatic heterocycles. The van der Waals surface area contributed by atoms with Crippen molar-refractivity contribution in [2.45, 2.75) is 13.5 Å². The van der Waals surface area contributed by atoms with Crippen LogP contribution in [-0.4, -0.2) is 9.56 Å². The van der Waals surface area contributed by atoms with E-state index < -0.39 is 0 Å². The fourth-order valence-corrected chi connectivity index (χ4v) is 1.96. The highest BCUT2D eigenvalue weighted by Crippen LogP contribution is 2.07. The quantitative estimate of drug-likeness (QED) is 0.855. The molecule has 18 heavy (non-hydrogen) atoms. The van der Waals surface area contributed by atoms with E-state index in [4.69, 9.17) is 18.0 Å². The molecule has 0 aliphatic carbocycles. The van der Waals surface area contributed by atoms with Crippen LogP contribution in [0.4, 0.5) is 0 Å². The van der Waals surface area contributed by atoms with Gasteiger partial charge < -0.3 is 10.3 Å². The van der Waals surface area contributed by atoms with E-state index in [-0.39, 0.29) is 5.56 Å². The topological polar surface area (TPSA) is 48.0 Å². The summed E-state index contributed by atoms with van der Waals surface area (Å²) in [5.41, 5.74) is 8.36. The lowest BCUT2D eigenvalue weighted by Crippen LogP contribution is -2.21. The van der Waals surface area contributed by atoms with Crippen LogP contribution in [0.1, 0.15) is 16.8 Å². The smallest absolute Gasteiger partial charge is 0.251 e. The third-order valence-electron chi connectivity index (χ3n) is 2.82. The summed E-state index contributed by atoms with van der Waals surface area (Å²) >= 11 is 4.95. The van der Waals surface area contributed by atoms with E-state index >= 15 is 0 Å². The molecule has 2 aromatic rings. The normalized spacial score (nSPS) is 10.3. The summed E-state index contributed by atoms with van der Waals surface area (Å²) in [5.74, 6) is 0. The Morgan fingerprint density at radius 2 is 2.00 bits per heavy atom. The first-order valence-electron chi connectivity index (χ1n) is 5.63. The van der Waals surface area contributed by atoms with E-state index in [1.807, 2.05) is 37.3 Å². The molecule has 0 aliphatic rings. The minimum atomic E-state index is -0.00396. The highest BCUT2D eigenvalue weighted by Gasteiger charge is 2.02. The van der Waals surface area contributed by atoms with Crippen molar-refractivity contribution in [1.82, 2.24) is 4.57 Å². The van der Waals surface area contributed by atoms with Crippen LogP contribution < -0.4 is 11.3 Å². The van der Waals surface area contributed by atoms with Gasteiger partial charge in [-0.3, -0.25) is 4.79 Å². The third kappa shape index (κ3) is 2.65. The molecule has 0 fully saturated rings. The molecule has 0 saturated carbocycles. The van der Waals surface area contributed by atoms with Gasteiger partial charge in [0.05, 0.1) is 6.54 Å². The molecule has 0 spiro atoms. The maximum Gasteiger partial charge on any atom is 0.251 e. The van der Waals surface area contributed by atoms with E-state index in [9.17, 15) is 4.79 Å². The van der Waals surface area contributed by atoms with Crippen LogP contribution in [-0.2, 0) is 6.54 Å². The first kappa shape index (κ1) is 12.5. The third-order valence-corrected chi connectivity index (χ3v) is 3.06. The van der Waals surface area contributed by atoms with Gasteiger partial charge in [-0.2, -0.15) is 0 Å². The first-order chi connectivity index (χ1) is 8.58. The summed E-state index contributed by atoms with van der Waals surface area (Å²) < 4.78 is 1.72. The Balaban J connectivity index is 2.37. The molecule has 0 bridgehead atoms. The Labute approximate surface area is 111 Å². The van der Waals surface area contributed by atoms with Crippen molar-refractivity contribution in [3.05, 3.63) is 69.6 Å². The van der Waals surface area contributed by atoms with Gasteiger partial charge >= 0.3 is 0 Å². The van der Waals surface area contributed by atoms with Crippen molar-refractivity contribution < 1.29 is 0 Å². The zero-order chi connectivity index (χ0) is 13.1. The second kappa shape index (κ2) is 5.14. The number of nitrogens with zero attached hydrogens (tertiary/aromatic N) is 1. The van der Waals surface area contributed by atoms with Crippen LogP contribution in [0.25, 0.3) is 0 Å². The number of thiocarbonyl (C=S) groups is 1. The SMILES string of the molecule is Cc1cccc(=O)n1Cc1cccc(C(N)=S)c1. The summed E-state index contributed by atoms with van der Waals surface area (Å²) in [6, 6.07) is 12.9. The molecular weight excluding hydrogens is 244 g/mol. The van der Waals surface area contributed by atoms with E-state index in [0.29, 0.717) is 11.5 Å². The maximum absolute atomic E-state index is 11.8. The summed E-state index contributed by atoms with van der Waals surface area (Å²) in [6.45, 7) is 2.45. The molecule has 4 heteroatoms. The Morgan fingerprint density at radius 1 is 1.28 bits per heavy atom. The predicted octanol–water partition coefficient (Wildman–Crippen LogP) is 1.84. The molecule has 0 saturated heterocycles. The van der Waals surface area contributed by atoms with Gasteiger partial charge in [-0.05, 0) is 24.6 Å². The van der Waals surface area contributed by atoms with Gasteiger partial charge in [-0.1, -0.05) is 36.5 Å². The number of nitrogens with two attached hydrogens (primary N) is 1. The Hall–Kier alpha value is -1.94. The molecule has 92 valence electrons. The second-order valence-electron chi connectivity index (χ2n) is 4.16. The van der Waals surface area contributed by atoms with E-state index in [1.165, 1.54) is 0 Å². The van der Waals surface area contributed by atoms with Crippen LogP contribution in [0.5, 0.6) is 0 Å². The number of benzene rings is 1. The fourth-order valence-electron chi connectivity index (χ4n) is 1.83. The van der Waals surface area contributed by atoms with Crippen molar-refractivity contribution in [3.63, 3.8) is 0 Å². The van der Waals surface area contributed by atoms with Gasteiger partial charge in [0.1, 0.15) is 4.99 Å². The summed E-state index contributed by atoms with van der Waals surface area (Å²) in [6.07, 6.45) is 0. The number of aromatic nitrogens is 1. The zero-order valence-corrected chi connectivity index (χ0v) is 10.9. The molecule has 3 nitrogen and oxygen atoms in total. The Morgan fingerprint density at radius 3 is 2.67 bits per heavy atom. The Bertz CT molecular complexity index is 646. The van der Waals surface area contributed by atoms with Gasteiger partial charge in [0.25, 0.3) is 5.56 Å². The van der Waals surface area contributed by atoms with Gasteiger partial charge in [-0.25, -0.2) is 0 Å². The average molecular weight is 258 g/mol. The van der Waals surface area contributed by atoms with E-state index in [1.54, 1.807) is 16.7 Å². The number of aryl methyl sites for hydroxylation is 1. The number of pyridine rings is 1. The summed E-state index contributed by atoms with van der Waals surface area (Å²) in [7, 11) is 0. The maximum atomic E-state index is 11.8. The van der Waals surface area contributed by atoms with Gasteiger partial charge in [0, 0.05) is 17.3 Å². The zero-order valence-electron chi connectivity index (χ0n) is 10.1. The number of hydrogen-bond acceptors (Lipinski definition) is 2. The standard InChI is InChI=1S/C14H14N2OS/c1-10-4-2-7-13(17)16(10)9-11-5-3-6-12(8-11)14(15)18/h2-8H,9H2,1H3,(H2,15,18). The molecule has 0 radical (unpaired) electrons. The van der Waals surface area contributed by atoms with Crippen molar-refractivity contribution in [2.75, 3.05) is 0 Å². The molecule has 2 N–H and O–H groups in total. The molecule has 0 unspecified atom stereocenters. The van der Waals surface area contributed by atoms with Crippen molar-refractivity contribution in [1.29, 1.82) is 0 Å². The molecule has 1 heterocycles. The first-order valence-corrected chi connectivity index (χ1v) is 6.04. The fraction of sp³-hybridized carbons (Fsp3) is 0.143. The second-order valence-corrected chi connectivity index (χ2v) is 4.60. The highest BCUT2D eigenvalue weighted by atomic mass is 32.1. The molecular formula is C14H14N2OS. The molecule has 0 atom stereocenters. The van der Waals surface area contributed by atoms with Gasteiger partial charge in [0.2, 0.25) is 0 Å². The number of rotatable bonds is 3. The lowest BCUT2D eigenvalue weighted by Gasteiger charge is -2.10. The summed E-state index contributed by atoms with van der Waals surface area (Å²) in [4.78, 5) is 12.1. The molecule has 0 amide bonds. The van der Waals surface area contributed by atoms with Crippen LogP contribution in [0, 0.1) is 6.92 Å². The van der Waals surface area contributed by atoms with Gasteiger partial charge in [-0.15, -0.1) is 0 Å². The van der Waals surface area contributed by atoms with Crippen molar-refractivity contribution in [3.8, 4) is 0 Å².